The Morgan fingerprint density at radius 3 is 1.52 bits per heavy atom. The molecule has 150 valence electrons. The SMILES string of the molecule is CC(=O)O.CCCCCCCCC=CCCCCCCCCN(C)C. The van der Waals surface area contributed by atoms with Gasteiger partial charge in [0, 0.05) is 6.92 Å². The second-order valence-corrected chi connectivity index (χ2v) is 7.26. The summed E-state index contributed by atoms with van der Waals surface area (Å²) in [6.45, 7) is 4.62. The molecule has 0 aliphatic heterocycles. The Morgan fingerprint density at radius 2 is 1.12 bits per heavy atom. The average molecular weight is 356 g/mol. The third-order valence-electron chi connectivity index (χ3n) is 4.12. The van der Waals surface area contributed by atoms with Crippen LogP contribution < -0.4 is 0 Å². The predicted molar refractivity (Wildman–Crippen MR) is 111 cm³/mol. The van der Waals surface area contributed by atoms with Gasteiger partial charge in [-0.15, -0.1) is 0 Å². The van der Waals surface area contributed by atoms with Crippen LogP contribution >= 0.6 is 0 Å². The molecule has 0 aliphatic carbocycles. The quantitative estimate of drug-likeness (QED) is 0.248. The van der Waals surface area contributed by atoms with E-state index < -0.39 is 5.97 Å². The van der Waals surface area contributed by atoms with Crippen molar-refractivity contribution in [3.8, 4) is 0 Å². The van der Waals surface area contributed by atoms with Crippen molar-refractivity contribution >= 4 is 5.97 Å². The van der Waals surface area contributed by atoms with Crippen molar-refractivity contribution in [3.63, 3.8) is 0 Å². The minimum absolute atomic E-state index is 0.833. The number of carboxylic acids is 1. The molecule has 0 unspecified atom stereocenters. The molecule has 3 nitrogen and oxygen atoms in total. The Hall–Kier alpha value is -0.830. The van der Waals surface area contributed by atoms with Gasteiger partial charge >= 0.3 is 0 Å². The highest BCUT2D eigenvalue weighted by Gasteiger charge is 1.92. The predicted octanol–water partition coefficient (Wildman–Crippen LogP) is 6.68. The molecule has 3 heteroatoms. The number of carboxylic acid groups (broad SMARTS) is 1. The van der Waals surface area contributed by atoms with E-state index in [1.54, 1.807) is 0 Å². The molecular weight excluding hydrogens is 310 g/mol. The van der Waals surface area contributed by atoms with E-state index in [9.17, 15) is 0 Å². The first-order valence-corrected chi connectivity index (χ1v) is 10.5. The van der Waals surface area contributed by atoms with Gasteiger partial charge in [0.2, 0.25) is 0 Å². The number of rotatable bonds is 16. The number of allylic oxidation sites excluding steroid dienone is 2. The molecular formula is C22H45NO2. The Balaban J connectivity index is 0. The molecule has 0 amide bonds. The van der Waals surface area contributed by atoms with Crippen LogP contribution in [0.15, 0.2) is 12.2 Å². The van der Waals surface area contributed by atoms with Crippen LogP contribution in [0.25, 0.3) is 0 Å². The highest BCUT2D eigenvalue weighted by atomic mass is 16.4. The topological polar surface area (TPSA) is 40.5 Å². The molecule has 0 aromatic carbocycles. The van der Waals surface area contributed by atoms with E-state index in [0.29, 0.717) is 0 Å². The van der Waals surface area contributed by atoms with Crippen molar-refractivity contribution < 1.29 is 9.90 Å². The summed E-state index contributed by atoms with van der Waals surface area (Å²) in [5, 5.41) is 7.42. The Bertz CT molecular complexity index is 284. The van der Waals surface area contributed by atoms with Gasteiger partial charge in [0.1, 0.15) is 0 Å². The highest BCUT2D eigenvalue weighted by Crippen LogP contribution is 2.09. The number of hydrogen-bond donors (Lipinski definition) is 1. The summed E-state index contributed by atoms with van der Waals surface area (Å²) in [6.07, 6.45) is 24.3. The van der Waals surface area contributed by atoms with E-state index in [1.165, 1.54) is 96.4 Å². The molecule has 25 heavy (non-hydrogen) atoms. The van der Waals surface area contributed by atoms with Crippen LogP contribution in [0, 0.1) is 0 Å². The molecule has 0 atom stereocenters. The van der Waals surface area contributed by atoms with Crippen molar-refractivity contribution in [1.82, 2.24) is 4.90 Å². The van der Waals surface area contributed by atoms with Crippen molar-refractivity contribution in [2.24, 2.45) is 0 Å². The number of nitrogens with zero attached hydrogens (tertiary/aromatic N) is 1. The lowest BCUT2D eigenvalue weighted by molar-refractivity contribution is -0.134. The van der Waals surface area contributed by atoms with Crippen molar-refractivity contribution in [2.75, 3.05) is 20.6 Å². The third kappa shape index (κ3) is 35.2. The normalized spacial score (nSPS) is 10.9. The lowest BCUT2D eigenvalue weighted by Crippen LogP contribution is -2.12. The molecule has 0 heterocycles. The Morgan fingerprint density at radius 1 is 0.760 bits per heavy atom. The molecule has 0 spiro atoms. The lowest BCUT2D eigenvalue weighted by Gasteiger charge is -2.08. The Labute approximate surface area is 157 Å². The van der Waals surface area contributed by atoms with Crippen molar-refractivity contribution in [1.29, 1.82) is 0 Å². The molecule has 0 aliphatic rings. The number of hydrogen-bond acceptors (Lipinski definition) is 2. The minimum atomic E-state index is -0.833. The van der Waals surface area contributed by atoms with Crippen LogP contribution in [-0.2, 0) is 4.79 Å². The first-order chi connectivity index (χ1) is 12.0. The largest absolute Gasteiger partial charge is 0.481 e. The average Bonchev–Trinajstić information content (AvgIpc) is 2.53. The van der Waals surface area contributed by atoms with Crippen LogP contribution in [0.1, 0.15) is 104 Å². The van der Waals surface area contributed by atoms with Crippen LogP contribution in [0.4, 0.5) is 0 Å². The summed E-state index contributed by atoms with van der Waals surface area (Å²) < 4.78 is 0. The van der Waals surface area contributed by atoms with Crippen LogP contribution in [0.3, 0.4) is 0 Å². The van der Waals surface area contributed by atoms with Gasteiger partial charge in [-0.05, 0) is 52.7 Å². The molecule has 0 bridgehead atoms. The van der Waals surface area contributed by atoms with Gasteiger partial charge in [0.15, 0.2) is 0 Å². The van der Waals surface area contributed by atoms with E-state index in [1.807, 2.05) is 0 Å². The fourth-order valence-corrected chi connectivity index (χ4v) is 2.68. The van der Waals surface area contributed by atoms with Gasteiger partial charge in [0.05, 0.1) is 0 Å². The maximum Gasteiger partial charge on any atom is 0.300 e. The first-order valence-electron chi connectivity index (χ1n) is 10.5. The molecule has 1 N–H and O–H groups in total. The van der Waals surface area contributed by atoms with Crippen molar-refractivity contribution in [3.05, 3.63) is 12.2 Å². The van der Waals surface area contributed by atoms with E-state index in [0.717, 1.165) is 6.92 Å². The minimum Gasteiger partial charge on any atom is -0.481 e. The van der Waals surface area contributed by atoms with Gasteiger partial charge in [-0.25, -0.2) is 0 Å². The number of aliphatic carboxylic acids is 1. The summed E-state index contributed by atoms with van der Waals surface area (Å²) in [7, 11) is 4.33. The summed E-state index contributed by atoms with van der Waals surface area (Å²) in [4.78, 5) is 11.3. The van der Waals surface area contributed by atoms with E-state index in [-0.39, 0.29) is 0 Å². The molecule has 0 saturated heterocycles. The van der Waals surface area contributed by atoms with Crippen LogP contribution in [0.2, 0.25) is 0 Å². The van der Waals surface area contributed by atoms with Crippen LogP contribution in [-0.4, -0.2) is 36.6 Å². The maximum atomic E-state index is 9.00. The molecule has 0 fully saturated rings. The van der Waals surface area contributed by atoms with E-state index in [2.05, 4.69) is 38.1 Å². The summed E-state index contributed by atoms with van der Waals surface area (Å²) in [5.41, 5.74) is 0. The standard InChI is InChI=1S/C20H41N.C2H4O2/c1-4-5-6-7-8-9-10-11-12-13-14-15-16-17-18-19-20-21(2)3;1-2(3)4/h11-12H,4-10,13-20H2,1-3H3;1H3,(H,3,4). The molecule has 0 rings (SSSR count). The zero-order chi connectivity index (χ0) is 19.2. The number of carbonyl (C=O) groups is 1. The zero-order valence-electron chi connectivity index (χ0n) is 17.6. The van der Waals surface area contributed by atoms with Gasteiger partial charge < -0.3 is 10.0 Å². The molecule has 0 saturated carbocycles. The van der Waals surface area contributed by atoms with Gasteiger partial charge in [-0.2, -0.15) is 0 Å². The van der Waals surface area contributed by atoms with Gasteiger partial charge in [0.25, 0.3) is 5.97 Å². The van der Waals surface area contributed by atoms with Gasteiger partial charge in [-0.1, -0.05) is 76.9 Å². The second-order valence-electron chi connectivity index (χ2n) is 7.26. The molecule has 0 radical (unpaired) electrons. The number of unbranched alkanes of at least 4 members (excludes halogenated alkanes) is 12. The van der Waals surface area contributed by atoms with Crippen LogP contribution in [0.5, 0.6) is 0 Å². The highest BCUT2D eigenvalue weighted by molar-refractivity contribution is 5.62. The van der Waals surface area contributed by atoms with Gasteiger partial charge in [-0.3, -0.25) is 4.79 Å². The monoisotopic (exact) mass is 355 g/mol. The van der Waals surface area contributed by atoms with E-state index >= 15 is 0 Å². The van der Waals surface area contributed by atoms with E-state index in [4.69, 9.17) is 9.90 Å². The maximum absolute atomic E-state index is 9.00. The zero-order valence-corrected chi connectivity index (χ0v) is 17.6. The van der Waals surface area contributed by atoms with Crippen molar-refractivity contribution in [2.45, 2.75) is 104 Å². The summed E-state index contributed by atoms with van der Waals surface area (Å²) >= 11 is 0. The fraction of sp³-hybridized carbons (Fsp3) is 0.864. The summed E-state index contributed by atoms with van der Waals surface area (Å²) in [5.74, 6) is -0.833. The first kappa shape index (κ1) is 26.4. The molecule has 0 aromatic heterocycles. The second kappa shape index (κ2) is 23.2. The lowest BCUT2D eigenvalue weighted by atomic mass is 10.1. The third-order valence-corrected chi connectivity index (χ3v) is 4.12. The fourth-order valence-electron chi connectivity index (χ4n) is 2.68. The molecule has 0 aromatic rings. The smallest absolute Gasteiger partial charge is 0.300 e. The summed E-state index contributed by atoms with van der Waals surface area (Å²) in [6, 6.07) is 0. The Kier molecular flexibility index (Phi) is 24.5.